The van der Waals surface area contributed by atoms with E-state index in [4.69, 9.17) is 4.74 Å². The summed E-state index contributed by atoms with van der Waals surface area (Å²) in [5, 5.41) is 2.76. The SMILES string of the molecule is CCCC1CC(NC(=O)OC)CN(C(=O)OC)C1. The Hall–Kier alpha value is -1.46. The molecule has 2 atom stereocenters. The molecule has 0 aliphatic carbocycles. The zero-order valence-corrected chi connectivity index (χ0v) is 11.3. The fraction of sp³-hybridized carbons (Fsp3) is 0.833. The van der Waals surface area contributed by atoms with Crippen molar-refractivity contribution in [3.63, 3.8) is 0 Å². The summed E-state index contributed by atoms with van der Waals surface area (Å²) in [6, 6.07) is -0.0677. The van der Waals surface area contributed by atoms with Gasteiger partial charge in [0.25, 0.3) is 0 Å². The Kier molecular flexibility index (Phi) is 5.74. The largest absolute Gasteiger partial charge is 0.453 e. The van der Waals surface area contributed by atoms with E-state index < -0.39 is 6.09 Å². The summed E-state index contributed by atoms with van der Waals surface area (Å²) in [7, 11) is 2.70. The Morgan fingerprint density at radius 3 is 2.56 bits per heavy atom. The molecule has 0 spiro atoms. The van der Waals surface area contributed by atoms with Crippen LogP contribution < -0.4 is 5.32 Å². The minimum Gasteiger partial charge on any atom is -0.453 e. The number of carbonyl (C=O) groups excluding carboxylic acids is 2. The van der Waals surface area contributed by atoms with Gasteiger partial charge >= 0.3 is 12.2 Å². The Morgan fingerprint density at radius 2 is 2.00 bits per heavy atom. The molecule has 18 heavy (non-hydrogen) atoms. The minimum absolute atomic E-state index is 0.0677. The number of hydrogen-bond acceptors (Lipinski definition) is 4. The van der Waals surface area contributed by atoms with E-state index in [1.807, 2.05) is 0 Å². The summed E-state index contributed by atoms with van der Waals surface area (Å²) < 4.78 is 9.32. The third-order valence-corrected chi connectivity index (χ3v) is 3.17. The monoisotopic (exact) mass is 258 g/mol. The van der Waals surface area contributed by atoms with Crippen molar-refractivity contribution in [2.45, 2.75) is 32.2 Å². The third kappa shape index (κ3) is 4.09. The molecule has 0 aromatic carbocycles. The van der Waals surface area contributed by atoms with Crippen molar-refractivity contribution in [3.05, 3.63) is 0 Å². The molecule has 2 amide bonds. The van der Waals surface area contributed by atoms with Crippen LogP contribution in [0.2, 0.25) is 0 Å². The van der Waals surface area contributed by atoms with Crippen LogP contribution in [0.4, 0.5) is 9.59 Å². The minimum atomic E-state index is -0.457. The topological polar surface area (TPSA) is 67.9 Å². The van der Waals surface area contributed by atoms with Gasteiger partial charge in [-0.1, -0.05) is 13.3 Å². The lowest BCUT2D eigenvalue weighted by Crippen LogP contribution is -2.52. The van der Waals surface area contributed by atoms with E-state index in [-0.39, 0.29) is 12.1 Å². The zero-order chi connectivity index (χ0) is 13.5. The van der Waals surface area contributed by atoms with Crippen molar-refractivity contribution in [1.29, 1.82) is 0 Å². The quantitative estimate of drug-likeness (QED) is 0.835. The zero-order valence-electron chi connectivity index (χ0n) is 11.3. The number of rotatable bonds is 3. The highest BCUT2D eigenvalue weighted by Crippen LogP contribution is 2.22. The first kappa shape index (κ1) is 14.6. The highest BCUT2D eigenvalue weighted by atomic mass is 16.5. The van der Waals surface area contributed by atoms with Crippen molar-refractivity contribution in [3.8, 4) is 0 Å². The molecular formula is C12H22N2O4. The predicted octanol–water partition coefficient (Wildman–Crippen LogP) is 1.60. The van der Waals surface area contributed by atoms with Crippen LogP contribution in [-0.2, 0) is 9.47 Å². The highest BCUT2D eigenvalue weighted by Gasteiger charge is 2.30. The van der Waals surface area contributed by atoms with E-state index in [9.17, 15) is 9.59 Å². The third-order valence-electron chi connectivity index (χ3n) is 3.17. The molecule has 6 nitrogen and oxygen atoms in total. The maximum atomic E-state index is 11.6. The average Bonchev–Trinajstić information content (AvgIpc) is 2.37. The van der Waals surface area contributed by atoms with Gasteiger partial charge in [0.05, 0.1) is 20.3 Å². The summed E-state index contributed by atoms with van der Waals surface area (Å²) in [6.45, 7) is 3.28. The molecule has 104 valence electrons. The van der Waals surface area contributed by atoms with Gasteiger partial charge < -0.3 is 19.7 Å². The second kappa shape index (κ2) is 7.08. The van der Waals surface area contributed by atoms with Crippen molar-refractivity contribution in [2.75, 3.05) is 27.3 Å². The van der Waals surface area contributed by atoms with Crippen molar-refractivity contribution in [2.24, 2.45) is 5.92 Å². The molecular weight excluding hydrogens is 236 g/mol. The maximum absolute atomic E-state index is 11.6. The molecule has 1 saturated heterocycles. The van der Waals surface area contributed by atoms with Crippen LogP contribution in [0.5, 0.6) is 0 Å². The number of nitrogens with one attached hydrogen (secondary N) is 1. The summed E-state index contributed by atoms with van der Waals surface area (Å²) >= 11 is 0. The number of ether oxygens (including phenoxy) is 2. The number of alkyl carbamates (subject to hydrolysis) is 1. The molecule has 0 aromatic rings. The second-order valence-corrected chi connectivity index (χ2v) is 4.60. The van der Waals surface area contributed by atoms with Gasteiger partial charge in [-0.25, -0.2) is 9.59 Å². The van der Waals surface area contributed by atoms with Gasteiger partial charge in [0.2, 0.25) is 0 Å². The van der Waals surface area contributed by atoms with Gasteiger partial charge in [-0.05, 0) is 18.8 Å². The predicted molar refractivity (Wildman–Crippen MR) is 66.3 cm³/mol. The van der Waals surface area contributed by atoms with Gasteiger partial charge in [0, 0.05) is 13.1 Å². The van der Waals surface area contributed by atoms with E-state index in [1.165, 1.54) is 14.2 Å². The summed E-state index contributed by atoms with van der Waals surface area (Å²) in [4.78, 5) is 24.4. The average molecular weight is 258 g/mol. The molecule has 0 aromatic heterocycles. The number of nitrogens with zero attached hydrogens (tertiary/aromatic N) is 1. The summed E-state index contributed by atoms with van der Waals surface area (Å²) in [5.41, 5.74) is 0. The van der Waals surface area contributed by atoms with E-state index in [0.29, 0.717) is 19.0 Å². The molecule has 1 N–H and O–H groups in total. The van der Waals surface area contributed by atoms with E-state index in [2.05, 4.69) is 17.0 Å². The molecule has 2 unspecified atom stereocenters. The van der Waals surface area contributed by atoms with Gasteiger partial charge in [0.15, 0.2) is 0 Å². The van der Waals surface area contributed by atoms with Gasteiger partial charge in [0.1, 0.15) is 0 Å². The molecule has 1 heterocycles. The summed E-state index contributed by atoms with van der Waals surface area (Å²) in [5.74, 6) is 0.394. The number of methoxy groups -OCH3 is 2. The number of amides is 2. The van der Waals surface area contributed by atoms with Crippen LogP contribution in [0.25, 0.3) is 0 Å². The van der Waals surface area contributed by atoms with Gasteiger partial charge in [-0.15, -0.1) is 0 Å². The first-order valence-corrected chi connectivity index (χ1v) is 6.28. The summed E-state index contributed by atoms with van der Waals surface area (Å²) in [6.07, 6.45) is 2.17. The molecule has 0 radical (unpaired) electrons. The molecule has 1 fully saturated rings. The lowest BCUT2D eigenvalue weighted by molar-refractivity contribution is 0.0865. The van der Waals surface area contributed by atoms with Crippen LogP contribution in [0.15, 0.2) is 0 Å². The fourth-order valence-corrected chi connectivity index (χ4v) is 2.43. The normalized spacial score (nSPS) is 23.4. The second-order valence-electron chi connectivity index (χ2n) is 4.60. The molecule has 0 bridgehead atoms. The highest BCUT2D eigenvalue weighted by molar-refractivity contribution is 5.69. The Balaban J connectivity index is 2.61. The van der Waals surface area contributed by atoms with Crippen LogP contribution in [0.1, 0.15) is 26.2 Å². The standard InChI is InChI=1S/C12H22N2O4/c1-4-5-9-6-10(13-11(15)17-2)8-14(7-9)12(16)18-3/h9-10H,4-8H2,1-3H3,(H,13,15). The number of hydrogen-bond donors (Lipinski definition) is 1. The van der Waals surface area contributed by atoms with Crippen molar-refractivity contribution in [1.82, 2.24) is 10.2 Å². The molecule has 1 aliphatic rings. The molecule has 1 aliphatic heterocycles. The van der Waals surface area contributed by atoms with Crippen LogP contribution >= 0.6 is 0 Å². The van der Waals surface area contributed by atoms with E-state index >= 15 is 0 Å². The van der Waals surface area contributed by atoms with Crippen molar-refractivity contribution >= 4 is 12.2 Å². The first-order valence-electron chi connectivity index (χ1n) is 6.28. The smallest absolute Gasteiger partial charge is 0.409 e. The fourth-order valence-electron chi connectivity index (χ4n) is 2.43. The van der Waals surface area contributed by atoms with Gasteiger partial charge in [-0.2, -0.15) is 0 Å². The Bertz CT molecular complexity index is 296. The van der Waals surface area contributed by atoms with Crippen molar-refractivity contribution < 1.29 is 19.1 Å². The van der Waals surface area contributed by atoms with Crippen LogP contribution in [0, 0.1) is 5.92 Å². The van der Waals surface area contributed by atoms with E-state index in [0.717, 1.165) is 19.3 Å². The maximum Gasteiger partial charge on any atom is 0.409 e. The lowest BCUT2D eigenvalue weighted by Gasteiger charge is -2.36. The number of carbonyl (C=O) groups is 2. The van der Waals surface area contributed by atoms with Crippen LogP contribution in [-0.4, -0.2) is 50.4 Å². The van der Waals surface area contributed by atoms with Gasteiger partial charge in [-0.3, -0.25) is 0 Å². The number of piperidine rings is 1. The Labute approximate surface area is 108 Å². The number of likely N-dealkylation sites (tertiary alicyclic amines) is 1. The first-order chi connectivity index (χ1) is 8.60. The molecule has 0 saturated carbocycles. The molecule has 1 rings (SSSR count). The molecule has 6 heteroatoms. The van der Waals surface area contributed by atoms with Crippen LogP contribution in [0.3, 0.4) is 0 Å². The lowest BCUT2D eigenvalue weighted by atomic mass is 9.91. The Morgan fingerprint density at radius 1 is 1.28 bits per heavy atom. The van der Waals surface area contributed by atoms with E-state index in [1.54, 1.807) is 4.90 Å².